The van der Waals surface area contributed by atoms with E-state index in [4.69, 9.17) is 0 Å². The fraction of sp³-hybridized carbons (Fsp3) is 0.800. The minimum absolute atomic E-state index is 0.0386. The van der Waals surface area contributed by atoms with Crippen molar-refractivity contribution in [3.63, 3.8) is 0 Å². The molecule has 1 aromatic heterocycles. The molecular formula is C15H22F2N4O2. The van der Waals surface area contributed by atoms with Crippen molar-refractivity contribution in [1.82, 2.24) is 20.1 Å². The second-order valence-corrected chi connectivity index (χ2v) is 6.89. The van der Waals surface area contributed by atoms with Crippen LogP contribution in [0.3, 0.4) is 0 Å². The van der Waals surface area contributed by atoms with Crippen molar-refractivity contribution in [2.45, 2.75) is 76.0 Å². The fourth-order valence-corrected chi connectivity index (χ4v) is 3.00. The van der Waals surface area contributed by atoms with Gasteiger partial charge in [-0.05, 0) is 25.7 Å². The number of amides is 1. The number of carbonyl (C=O) groups is 1. The predicted molar refractivity (Wildman–Crippen MR) is 78.1 cm³/mol. The maximum Gasteiger partial charge on any atom is 0.352 e. The van der Waals surface area contributed by atoms with Crippen molar-refractivity contribution in [3.8, 4) is 0 Å². The van der Waals surface area contributed by atoms with Crippen LogP contribution in [0, 0.1) is 0 Å². The lowest BCUT2D eigenvalue weighted by Gasteiger charge is -2.42. The zero-order valence-electron chi connectivity index (χ0n) is 13.4. The third-order valence-corrected chi connectivity index (χ3v) is 4.78. The lowest BCUT2D eigenvalue weighted by molar-refractivity contribution is -0.216. The van der Waals surface area contributed by atoms with Gasteiger partial charge < -0.3 is 10.4 Å². The van der Waals surface area contributed by atoms with Gasteiger partial charge in [-0.1, -0.05) is 13.8 Å². The van der Waals surface area contributed by atoms with Crippen LogP contribution < -0.4 is 5.32 Å². The average molecular weight is 328 g/mol. The number of fused-ring (bicyclic) bond motifs is 1. The minimum Gasteiger partial charge on any atom is -0.383 e. The van der Waals surface area contributed by atoms with Gasteiger partial charge in [0.1, 0.15) is 11.4 Å². The Morgan fingerprint density at radius 3 is 2.74 bits per heavy atom. The molecule has 2 N–H and O–H groups in total. The van der Waals surface area contributed by atoms with E-state index in [0.717, 1.165) is 11.6 Å². The van der Waals surface area contributed by atoms with E-state index < -0.39 is 23.5 Å². The predicted octanol–water partition coefficient (Wildman–Crippen LogP) is 1.38. The van der Waals surface area contributed by atoms with Gasteiger partial charge in [0, 0.05) is 18.4 Å². The summed E-state index contributed by atoms with van der Waals surface area (Å²) in [4.78, 5) is 16.4. The Morgan fingerprint density at radius 2 is 2.17 bits per heavy atom. The van der Waals surface area contributed by atoms with Crippen molar-refractivity contribution in [1.29, 1.82) is 0 Å². The molecule has 1 saturated carbocycles. The summed E-state index contributed by atoms with van der Waals surface area (Å²) in [6.45, 7) is 4.30. The van der Waals surface area contributed by atoms with Crippen molar-refractivity contribution in [3.05, 3.63) is 11.6 Å². The highest BCUT2D eigenvalue weighted by Gasteiger charge is 2.61. The molecule has 8 heteroatoms. The van der Waals surface area contributed by atoms with Crippen LogP contribution in [-0.2, 0) is 17.8 Å². The molecule has 0 radical (unpaired) electrons. The summed E-state index contributed by atoms with van der Waals surface area (Å²) in [5.41, 5.74) is -2.19. The standard InChI is InChI=1S/C15H22F2N4O2/c1-9(2)12-19-11-5-4-10(8-21(11)20-12)18-13(22)15(16,17)14(23)6-3-7-14/h9-10,23H,3-8H2,1-2H3,(H,18,22)/t10-/m0/s1. The van der Waals surface area contributed by atoms with Crippen molar-refractivity contribution in [2.24, 2.45) is 0 Å². The summed E-state index contributed by atoms with van der Waals surface area (Å²) in [6, 6.07) is -0.425. The van der Waals surface area contributed by atoms with E-state index in [1.54, 1.807) is 4.68 Å². The van der Waals surface area contributed by atoms with Gasteiger partial charge in [0.2, 0.25) is 0 Å². The lowest BCUT2D eigenvalue weighted by atomic mass is 9.75. The highest BCUT2D eigenvalue weighted by molar-refractivity contribution is 5.85. The molecule has 2 heterocycles. The van der Waals surface area contributed by atoms with Gasteiger partial charge in [0.15, 0.2) is 5.82 Å². The van der Waals surface area contributed by atoms with E-state index in [1.807, 2.05) is 13.8 Å². The molecule has 1 atom stereocenters. The van der Waals surface area contributed by atoms with Crippen LogP contribution in [0.25, 0.3) is 0 Å². The van der Waals surface area contributed by atoms with Crippen LogP contribution in [0.1, 0.15) is 57.1 Å². The van der Waals surface area contributed by atoms with Crippen LogP contribution in [0.5, 0.6) is 0 Å². The molecule has 1 aliphatic heterocycles. The molecule has 0 bridgehead atoms. The third-order valence-electron chi connectivity index (χ3n) is 4.78. The van der Waals surface area contributed by atoms with Gasteiger partial charge in [-0.3, -0.25) is 4.79 Å². The molecule has 3 rings (SSSR count). The SMILES string of the molecule is CC(C)c1nc2n(n1)C[C@@H](NC(=O)C(F)(F)C1(O)CCC1)CC2. The number of carbonyl (C=O) groups excluding carboxylic acids is 1. The first-order chi connectivity index (χ1) is 10.7. The first-order valence-corrected chi connectivity index (χ1v) is 8.08. The smallest absolute Gasteiger partial charge is 0.352 e. The quantitative estimate of drug-likeness (QED) is 0.875. The van der Waals surface area contributed by atoms with Crippen LogP contribution in [0.4, 0.5) is 8.78 Å². The van der Waals surface area contributed by atoms with Gasteiger partial charge >= 0.3 is 5.92 Å². The van der Waals surface area contributed by atoms with E-state index in [-0.39, 0.29) is 18.8 Å². The summed E-state index contributed by atoms with van der Waals surface area (Å²) in [6.07, 6.45) is 1.56. The number of hydrogen-bond acceptors (Lipinski definition) is 4. The Labute approximate surface area is 133 Å². The number of aryl methyl sites for hydroxylation is 1. The molecule has 0 spiro atoms. The Hall–Kier alpha value is -1.57. The molecular weight excluding hydrogens is 306 g/mol. The zero-order chi connectivity index (χ0) is 16.8. The number of nitrogens with zero attached hydrogens (tertiary/aromatic N) is 3. The Bertz CT molecular complexity index is 611. The number of hydrogen-bond donors (Lipinski definition) is 2. The molecule has 0 aromatic carbocycles. The minimum atomic E-state index is -3.75. The largest absolute Gasteiger partial charge is 0.383 e. The Balaban J connectivity index is 1.66. The molecule has 2 aliphatic rings. The molecule has 1 aliphatic carbocycles. The molecule has 0 saturated heterocycles. The number of aliphatic hydroxyl groups is 1. The highest BCUT2D eigenvalue weighted by Crippen LogP contribution is 2.44. The number of nitrogens with one attached hydrogen (secondary N) is 1. The monoisotopic (exact) mass is 328 g/mol. The second-order valence-electron chi connectivity index (χ2n) is 6.89. The maximum atomic E-state index is 14.1. The number of rotatable bonds is 4. The Kier molecular flexibility index (Phi) is 3.90. The first kappa shape index (κ1) is 16.3. The van der Waals surface area contributed by atoms with E-state index in [9.17, 15) is 18.7 Å². The van der Waals surface area contributed by atoms with Crippen LogP contribution in [0.2, 0.25) is 0 Å². The van der Waals surface area contributed by atoms with E-state index >= 15 is 0 Å². The average Bonchev–Trinajstić information content (AvgIpc) is 2.87. The summed E-state index contributed by atoms with van der Waals surface area (Å²) in [5.74, 6) is -3.41. The zero-order valence-corrected chi connectivity index (χ0v) is 13.4. The number of halogens is 2. The maximum absolute atomic E-state index is 14.1. The molecule has 128 valence electrons. The van der Waals surface area contributed by atoms with Crippen molar-refractivity contribution < 1.29 is 18.7 Å². The summed E-state index contributed by atoms with van der Waals surface area (Å²) in [5, 5.41) is 16.6. The highest BCUT2D eigenvalue weighted by atomic mass is 19.3. The summed E-state index contributed by atoms with van der Waals surface area (Å²) >= 11 is 0. The molecule has 1 fully saturated rings. The molecule has 0 unspecified atom stereocenters. The lowest BCUT2D eigenvalue weighted by Crippen LogP contribution is -2.62. The van der Waals surface area contributed by atoms with Crippen LogP contribution in [-0.4, -0.2) is 43.3 Å². The molecule has 6 nitrogen and oxygen atoms in total. The van der Waals surface area contributed by atoms with E-state index in [0.29, 0.717) is 25.8 Å². The van der Waals surface area contributed by atoms with Gasteiger partial charge in [-0.25, -0.2) is 9.67 Å². The summed E-state index contributed by atoms with van der Waals surface area (Å²) < 4.78 is 29.9. The van der Waals surface area contributed by atoms with Gasteiger partial charge in [0.25, 0.3) is 5.91 Å². The first-order valence-electron chi connectivity index (χ1n) is 8.08. The van der Waals surface area contributed by atoms with Crippen LogP contribution in [0.15, 0.2) is 0 Å². The number of alkyl halides is 2. The van der Waals surface area contributed by atoms with Crippen molar-refractivity contribution in [2.75, 3.05) is 0 Å². The van der Waals surface area contributed by atoms with Gasteiger partial charge in [-0.2, -0.15) is 13.9 Å². The second kappa shape index (κ2) is 5.51. The fourth-order valence-electron chi connectivity index (χ4n) is 3.00. The normalized spacial score (nSPS) is 23.3. The molecule has 23 heavy (non-hydrogen) atoms. The summed E-state index contributed by atoms with van der Waals surface area (Å²) in [7, 11) is 0. The van der Waals surface area contributed by atoms with Crippen molar-refractivity contribution >= 4 is 5.91 Å². The molecule has 1 aromatic rings. The third kappa shape index (κ3) is 2.73. The van der Waals surface area contributed by atoms with Gasteiger partial charge in [-0.15, -0.1) is 0 Å². The topological polar surface area (TPSA) is 80.0 Å². The van der Waals surface area contributed by atoms with E-state index in [2.05, 4.69) is 15.4 Å². The molecule has 1 amide bonds. The van der Waals surface area contributed by atoms with Gasteiger partial charge in [0.05, 0.1) is 6.54 Å². The number of aromatic nitrogens is 3. The Morgan fingerprint density at radius 1 is 1.48 bits per heavy atom. The van der Waals surface area contributed by atoms with E-state index in [1.165, 1.54) is 0 Å². The van der Waals surface area contributed by atoms with Crippen LogP contribution >= 0.6 is 0 Å².